The van der Waals surface area contributed by atoms with Crippen LogP contribution in [0.25, 0.3) is 22.3 Å². The molecule has 2 heterocycles. The van der Waals surface area contributed by atoms with Crippen LogP contribution >= 0.6 is 0 Å². The van der Waals surface area contributed by atoms with E-state index < -0.39 is 0 Å². The van der Waals surface area contributed by atoms with Crippen LogP contribution in [-0.2, 0) is 11.2 Å². The minimum absolute atomic E-state index is 0.176. The second kappa shape index (κ2) is 9.38. The molecule has 4 aromatic rings. The fourth-order valence-electron chi connectivity index (χ4n) is 3.29. The Balaban J connectivity index is 1.55. The van der Waals surface area contributed by atoms with Crippen LogP contribution in [0.15, 0.2) is 68.3 Å². The van der Waals surface area contributed by atoms with E-state index in [-0.39, 0.29) is 17.8 Å². The van der Waals surface area contributed by atoms with Gasteiger partial charge in [-0.25, -0.2) is 0 Å². The third kappa shape index (κ3) is 4.64. The van der Waals surface area contributed by atoms with Gasteiger partial charge in [-0.05, 0) is 36.3 Å². The number of para-hydroxylation sites is 1. The number of methoxy groups -OCH3 is 1. The molecule has 0 saturated carbocycles. The van der Waals surface area contributed by atoms with Gasteiger partial charge in [0.05, 0.1) is 24.7 Å². The summed E-state index contributed by atoms with van der Waals surface area (Å²) in [6.07, 6.45) is 0.575. The Kier molecular flexibility index (Phi) is 6.21. The number of ether oxygens (including phenoxy) is 2. The number of rotatable bonds is 8. The van der Waals surface area contributed by atoms with E-state index in [0.29, 0.717) is 58.4 Å². The second-order valence-electron chi connectivity index (χ2n) is 7.00. The van der Waals surface area contributed by atoms with E-state index in [9.17, 15) is 9.59 Å². The number of carbonyl (C=O) groups is 1. The van der Waals surface area contributed by atoms with Crippen molar-refractivity contribution in [2.45, 2.75) is 19.8 Å². The smallest absolute Gasteiger partial charge is 0.254 e. The van der Waals surface area contributed by atoms with Gasteiger partial charge in [-0.1, -0.05) is 12.1 Å². The predicted octanol–water partition coefficient (Wildman–Crippen LogP) is 4.43. The average molecular weight is 434 g/mol. The number of nitrogens with one attached hydrogen (secondary N) is 1. The van der Waals surface area contributed by atoms with Crippen molar-refractivity contribution >= 4 is 22.6 Å². The largest absolute Gasteiger partial charge is 0.493 e. The average Bonchev–Trinajstić information content (AvgIpc) is 3.26. The highest BCUT2D eigenvalue weighted by molar-refractivity contribution is 5.93. The van der Waals surface area contributed by atoms with E-state index in [1.165, 1.54) is 13.2 Å². The number of benzene rings is 2. The van der Waals surface area contributed by atoms with Gasteiger partial charge < -0.3 is 23.7 Å². The molecule has 4 rings (SSSR count). The molecule has 8 nitrogen and oxygen atoms in total. The number of fused-ring (bicyclic) bond motifs is 1. The molecular weight excluding hydrogens is 412 g/mol. The molecule has 0 fully saturated rings. The normalized spacial score (nSPS) is 10.8. The van der Waals surface area contributed by atoms with Gasteiger partial charge in [0.1, 0.15) is 22.9 Å². The summed E-state index contributed by atoms with van der Waals surface area (Å²) in [5.41, 5.74) is 1.41. The number of aromatic nitrogens is 1. The Bertz CT molecular complexity index is 1310. The lowest BCUT2D eigenvalue weighted by Gasteiger charge is -2.10. The highest BCUT2D eigenvalue weighted by Gasteiger charge is 2.13. The number of anilines is 1. The Hall–Kier alpha value is -4.07. The first-order valence-corrected chi connectivity index (χ1v) is 10.2. The summed E-state index contributed by atoms with van der Waals surface area (Å²) in [5.74, 6) is 1.74. The van der Waals surface area contributed by atoms with Crippen LogP contribution in [0.2, 0.25) is 0 Å². The molecule has 0 saturated heterocycles. The first-order valence-electron chi connectivity index (χ1n) is 10.2. The standard InChI is InChI=1S/C24H22N2O6/c1-3-30-20-7-5-4-6-18(20)22-14-19(27)17-10-8-15(12-21(17)31-22)25-23(28)11-9-16-13-24(29-2)26-32-16/h4-8,10,12-14H,3,9,11H2,1-2H3,(H,25,28). The number of amides is 1. The molecule has 0 aliphatic heterocycles. The minimum Gasteiger partial charge on any atom is -0.493 e. The lowest BCUT2D eigenvalue weighted by molar-refractivity contribution is -0.116. The fraction of sp³-hybridized carbons (Fsp3) is 0.208. The quantitative estimate of drug-likeness (QED) is 0.438. The van der Waals surface area contributed by atoms with E-state index >= 15 is 0 Å². The molecule has 1 N–H and O–H groups in total. The molecular formula is C24H22N2O6. The van der Waals surface area contributed by atoms with Crippen molar-refractivity contribution in [1.82, 2.24) is 5.16 Å². The number of aryl methyl sites for hydroxylation is 1. The highest BCUT2D eigenvalue weighted by atomic mass is 16.5. The van der Waals surface area contributed by atoms with Gasteiger partial charge in [-0.2, -0.15) is 0 Å². The molecule has 0 unspecified atom stereocenters. The second-order valence-corrected chi connectivity index (χ2v) is 7.00. The minimum atomic E-state index is -0.208. The van der Waals surface area contributed by atoms with Crippen LogP contribution < -0.4 is 20.2 Å². The van der Waals surface area contributed by atoms with Crippen LogP contribution in [0.4, 0.5) is 5.69 Å². The van der Waals surface area contributed by atoms with Gasteiger partial charge >= 0.3 is 0 Å². The Morgan fingerprint density at radius 2 is 1.97 bits per heavy atom. The molecule has 0 atom stereocenters. The van der Waals surface area contributed by atoms with E-state index in [4.69, 9.17) is 18.4 Å². The Morgan fingerprint density at radius 1 is 1.12 bits per heavy atom. The van der Waals surface area contributed by atoms with Gasteiger partial charge in [0.2, 0.25) is 5.91 Å². The van der Waals surface area contributed by atoms with Crippen LogP contribution in [0.3, 0.4) is 0 Å². The van der Waals surface area contributed by atoms with E-state index in [0.717, 1.165) is 0 Å². The zero-order chi connectivity index (χ0) is 22.5. The summed E-state index contributed by atoms with van der Waals surface area (Å²) in [7, 11) is 1.49. The van der Waals surface area contributed by atoms with Gasteiger partial charge in [-0.15, -0.1) is 0 Å². The molecule has 2 aromatic carbocycles. The van der Waals surface area contributed by atoms with E-state index in [2.05, 4.69) is 10.5 Å². The van der Waals surface area contributed by atoms with Crippen LogP contribution in [0.1, 0.15) is 19.1 Å². The van der Waals surface area contributed by atoms with Gasteiger partial charge in [0, 0.05) is 36.7 Å². The lowest BCUT2D eigenvalue weighted by Crippen LogP contribution is -2.12. The predicted molar refractivity (Wildman–Crippen MR) is 119 cm³/mol. The molecule has 2 aromatic heterocycles. The maximum Gasteiger partial charge on any atom is 0.254 e. The SMILES string of the molecule is CCOc1ccccc1-c1cc(=O)c2ccc(NC(=O)CCc3cc(OC)no3)cc2o1. The van der Waals surface area contributed by atoms with Crippen molar-refractivity contribution in [2.24, 2.45) is 0 Å². The summed E-state index contributed by atoms with van der Waals surface area (Å²) in [5, 5.41) is 6.95. The number of hydrogen-bond acceptors (Lipinski definition) is 7. The zero-order valence-electron chi connectivity index (χ0n) is 17.7. The van der Waals surface area contributed by atoms with Crippen molar-refractivity contribution in [3.63, 3.8) is 0 Å². The summed E-state index contributed by atoms with van der Waals surface area (Å²) in [6.45, 7) is 2.38. The summed E-state index contributed by atoms with van der Waals surface area (Å²) >= 11 is 0. The molecule has 0 spiro atoms. The molecule has 32 heavy (non-hydrogen) atoms. The first kappa shape index (κ1) is 21.2. The van der Waals surface area contributed by atoms with Gasteiger partial charge in [-0.3, -0.25) is 9.59 Å². The van der Waals surface area contributed by atoms with Crippen molar-refractivity contribution in [2.75, 3.05) is 19.0 Å². The highest BCUT2D eigenvalue weighted by Crippen LogP contribution is 2.31. The molecule has 0 aliphatic carbocycles. The van der Waals surface area contributed by atoms with Gasteiger partial charge in [0.15, 0.2) is 5.43 Å². The van der Waals surface area contributed by atoms with Crippen LogP contribution in [-0.4, -0.2) is 24.8 Å². The maximum atomic E-state index is 12.6. The number of hydrogen-bond donors (Lipinski definition) is 1. The third-order valence-corrected chi connectivity index (χ3v) is 4.81. The molecule has 0 aliphatic rings. The van der Waals surface area contributed by atoms with E-state index in [1.54, 1.807) is 24.3 Å². The third-order valence-electron chi connectivity index (χ3n) is 4.81. The van der Waals surface area contributed by atoms with Crippen molar-refractivity contribution in [3.8, 4) is 23.0 Å². The van der Waals surface area contributed by atoms with Crippen molar-refractivity contribution in [1.29, 1.82) is 0 Å². The zero-order valence-corrected chi connectivity index (χ0v) is 17.7. The molecule has 8 heteroatoms. The van der Waals surface area contributed by atoms with Crippen molar-refractivity contribution in [3.05, 3.63) is 70.6 Å². The monoisotopic (exact) mass is 434 g/mol. The number of carbonyl (C=O) groups excluding carboxylic acids is 1. The Morgan fingerprint density at radius 3 is 2.75 bits per heavy atom. The van der Waals surface area contributed by atoms with Crippen LogP contribution in [0, 0.1) is 0 Å². The van der Waals surface area contributed by atoms with Gasteiger partial charge in [0.25, 0.3) is 5.88 Å². The topological polar surface area (TPSA) is 104 Å². The molecule has 0 radical (unpaired) electrons. The first-order chi connectivity index (χ1) is 15.6. The van der Waals surface area contributed by atoms with E-state index in [1.807, 2.05) is 31.2 Å². The molecule has 1 amide bonds. The molecule has 0 bridgehead atoms. The summed E-state index contributed by atoms with van der Waals surface area (Å²) < 4.78 is 21.7. The lowest BCUT2D eigenvalue weighted by atomic mass is 10.1. The van der Waals surface area contributed by atoms with Crippen molar-refractivity contribution < 1.29 is 23.2 Å². The fourth-order valence-corrected chi connectivity index (χ4v) is 3.29. The number of nitrogens with zero attached hydrogens (tertiary/aromatic N) is 1. The summed E-state index contributed by atoms with van der Waals surface area (Å²) in [4.78, 5) is 25.0. The van der Waals surface area contributed by atoms with Crippen LogP contribution in [0.5, 0.6) is 11.6 Å². The summed E-state index contributed by atoms with van der Waals surface area (Å²) in [6, 6.07) is 15.4. The molecule has 164 valence electrons. The Labute approximate surface area is 183 Å². The maximum absolute atomic E-state index is 12.6.